The standard InChI is InChI=1S/C68H110Cl2O10/c69-48-12-43-66(70)65(44-48)68(72)47-10-17-52(18-11-47)74-50-13-6-45(7-14-50)67(71)46-8-15-51(16-9-46)75-54-23-25-56(26-24-54)77-58-31-33-60(34-32-58)79-62-39-41-64(42-40-62)80-63-37-35-61(36-38-63)78-59-29-27-57(28-30-59)76-55-21-19-53(20-22-55)73-49-4-2-1-3-5-49/h45-66H,1-44H2. The van der Waals surface area contributed by atoms with Crippen LogP contribution in [-0.4, -0.2) is 120 Å². The summed E-state index contributed by atoms with van der Waals surface area (Å²) in [6, 6.07) is 0. The molecule has 11 saturated carbocycles. The number of carbonyl (C=O) groups is 2. The molecule has 10 nitrogen and oxygen atoms in total. The number of Topliss-reactive ketones (excluding diaryl/α,β-unsaturated/α-hetero) is 2. The lowest BCUT2D eigenvalue weighted by Gasteiger charge is -2.39. The van der Waals surface area contributed by atoms with Crippen molar-refractivity contribution in [1.29, 1.82) is 0 Å². The number of hydrogen-bond donors (Lipinski definition) is 0. The van der Waals surface area contributed by atoms with Crippen molar-refractivity contribution in [2.24, 2.45) is 23.7 Å². The first-order chi connectivity index (χ1) is 39.2. The Morgan fingerprint density at radius 3 is 0.662 bits per heavy atom. The minimum absolute atomic E-state index is 0.0624. The van der Waals surface area contributed by atoms with E-state index in [4.69, 9.17) is 61.1 Å². The summed E-state index contributed by atoms with van der Waals surface area (Å²) in [7, 11) is 0. The normalized spacial score (nSPS) is 44.0. The average Bonchev–Trinajstić information content (AvgIpc) is 3.50. The lowest BCUT2D eigenvalue weighted by atomic mass is 9.75. The Balaban J connectivity index is 0.478. The minimum atomic E-state index is -0.0835. The van der Waals surface area contributed by atoms with Gasteiger partial charge in [-0.05, 0) is 263 Å². The number of ketones is 2. The highest BCUT2D eigenvalue weighted by Gasteiger charge is 2.41. The van der Waals surface area contributed by atoms with Crippen LogP contribution in [0.5, 0.6) is 0 Å². The molecule has 0 bridgehead atoms. The van der Waals surface area contributed by atoms with Crippen LogP contribution in [0, 0.1) is 23.7 Å². The Labute approximate surface area is 494 Å². The third kappa shape index (κ3) is 18.1. The summed E-state index contributed by atoms with van der Waals surface area (Å²) in [5, 5.41) is 0.0166. The van der Waals surface area contributed by atoms with Crippen LogP contribution in [0.2, 0.25) is 0 Å². The smallest absolute Gasteiger partial charge is 0.140 e. The summed E-state index contributed by atoms with van der Waals surface area (Å²) in [5.74, 6) is 1.27. The van der Waals surface area contributed by atoms with Crippen molar-refractivity contribution >= 4 is 34.8 Å². The van der Waals surface area contributed by atoms with Gasteiger partial charge in [0.25, 0.3) is 0 Å². The van der Waals surface area contributed by atoms with Gasteiger partial charge in [-0.25, -0.2) is 0 Å². The lowest BCUT2D eigenvalue weighted by molar-refractivity contribution is -0.133. The molecule has 11 aliphatic rings. The lowest BCUT2D eigenvalue weighted by Crippen LogP contribution is -2.39. The third-order valence-electron chi connectivity index (χ3n) is 22.7. The monoisotopic (exact) mass is 1160 g/mol. The van der Waals surface area contributed by atoms with Crippen LogP contribution in [0.4, 0.5) is 0 Å². The average molecular weight is 1160 g/mol. The highest BCUT2D eigenvalue weighted by molar-refractivity contribution is 6.24. The molecule has 0 amide bonds. The van der Waals surface area contributed by atoms with Crippen LogP contribution in [0.3, 0.4) is 0 Å². The van der Waals surface area contributed by atoms with Crippen molar-refractivity contribution < 1.29 is 47.5 Å². The molecule has 12 heteroatoms. The van der Waals surface area contributed by atoms with E-state index in [1.54, 1.807) is 0 Å². The number of carbonyl (C=O) groups excluding carboxylic acids is 2. The van der Waals surface area contributed by atoms with Crippen LogP contribution >= 0.6 is 23.2 Å². The molecule has 0 aliphatic heterocycles. The van der Waals surface area contributed by atoms with Gasteiger partial charge in [-0.2, -0.15) is 0 Å². The SMILES string of the molecule is O=C(C1CCC(OC2CCC(OC3CCC(OC4CCC(OC5CCC(OC6CCC(OC7CCC(OC8CCCCC8)CC7)CC6)CC5)CC4)CC3)CC2)CC1)C1CCC(OC2CCC(C(=O)C3CC(Cl)CCC3Cl)CC2)CC1. The second-order valence-electron chi connectivity index (χ2n) is 28.5. The van der Waals surface area contributed by atoms with E-state index < -0.39 is 0 Å². The first kappa shape index (κ1) is 61.3. The molecule has 11 rings (SSSR count). The Morgan fingerprint density at radius 1 is 0.225 bits per heavy atom. The largest absolute Gasteiger partial charge is 0.375 e. The van der Waals surface area contributed by atoms with Crippen molar-refractivity contribution in [3.05, 3.63) is 0 Å². The van der Waals surface area contributed by atoms with E-state index in [0.29, 0.717) is 97.0 Å². The zero-order valence-corrected chi connectivity index (χ0v) is 51.2. The van der Waals surface area contributed by atoms with E-state index in [-0.39, 0.29) is 46.6 Å². The van der Waals surface area contributed by atoms with Gasteiger partial charge in [0.1, 0.15) is 11.6 Å². The number of alkyl halides is 2. The second-order valence-corrected chi connectivity index (χ2v) is 29.7. The number of ether oxygens (including phenoxy) is 8. The van der Waals surface area contributed by atoms with Gasteiger partial charge in [-0.1, -0.05) is 19.3 Å². The molecule has 0 radical (unpaired) electrons. The van der Waals surface area contributed by atoms with Gasteiger partial charge in [0.2, 0.25) is 0 Å². The van der Waals surface area contributed by atoms with E-state index in [1.807, 2.05) is 0 Å². The van der Waals surface area contributed by atoms with Gasteiger partial charge in [0, 0.05) is 34.4 Å². The Bertz CT molecular complexity index is 1800. The fraction of sp³-hybridized carbons (Fsp3) is 0.971. The Hall–Kier alpha value is -0.400. The van der Waals surface area contributed by atoms with Crippen LogP contribution < -0.4 is 0 Å². The zero-order valence-electron chi connectivity index (χ0n) is 49.7. The first-order valence-corrected chi connectivity index (χ1v) is 35.6. The number of halogens is 2. The maximum absolute atomic E-state index is 13.7. The van der Waals surface area contributed by atoms with Gasteiger partial charge < -0.3 is 37.9 Å². The summed E-state index contributed by atoms with van der Waals surface area (Å²) >= 11 is 13.0. The molecule has 0 aromatic carbocycles. The molecule has 3 atom stereocenters. The van der Waals surface area contributed by atoms with Crippen molar-refractivity contribution in [3.8, 4) is 0 Å². The van der Waals surface area contributed by atoms with Crippen LogP contribution in [0.25, 0.3) is 0 Å². The van der Waals surface area contributed by atoms with Crippen molar-refractivity contribution in [1.82, 2.24) is 0 Å². The molecule has 0 spiro atoms. The minimum Gasteiger partial charge on any atom is -0.375 e. The fourth-order valence-corrected chi connectivity index (χ4v) is 18.3. The maximum Gasteiger partial charge on any atom is 0.140 e. The van der Waals surface area contributed by atoms with E-state index >= 15 is 0 Å². The summed E-state index contributed by atoms with van der Waals surface area (Å²) in [4.78, 5) is 27.1. The molecule has 0 heterocycles. The Kier molecular flexibility index (Phi) is 23.7. The predicted octanol–water partition coefficient (Wildman–Crippen LogP) is 16.1. The number of rotatable bonds is 20. The van der Waals surface area contributed by atoms with E-state index in [2.05, 4.69) is 0 Å². The fourth-order valence-electron chi connectivity index (χ4n) is 17.7. The third-order valence-corrected chi connectivity index (χ3v) is 23.6. The molecule has 456 valence electrons. The molecule has 0 aromatic rings. The summed E-state index contributed by atoms with van der Waals surface area (Å²) in [6.45, 7) is 0. The summed E-state index contributed by atoms with van der Waals surface area (Å²) < 4.78 is 53.5. The molecule has 0 saturated heterocycles. The van der Waals surface area contributed by atoms with Crippen LogP contribution in [0.15, 0.2) is 0 Å². The first-order valence-electron chi connectivity index (χ1n) is 34.8. The molecule has 80 heavy (non-hydrogen) atoms. The molecular weight excluding hydrogens is 1050 g/mol. The van der Waals surface area contributed by atoms with Gasteiger partial charge in [0.05, 0.1) is 97.7 Å². The summed E-state index contributed by atoms with van der Waals surface area (Å²) in [6.07, 6.45) is 54.0. The molecule has 3 unspecified atom stereocenters. The molecule has 0 aromatic heterocycles. The second kappa shape index (κ2) is 31.0. The van der Waals surface area contributed by atoms with Crippen molar-refractivity contribution in [3.63, 3.8) is 0 Å². The van der Waals surface area contributed by atoms with Crippen molar-refractivity contribution in [2.45, 2.75) is 391 Å². The topological polar surface area (TPSA) is 108 Å². The van der Waals surface area contributed by atoms with Gasteiger partial charge >= 0.3 is 0 Å². The van der Waals surface area contributed by atoms with Gasteiger partial charge in [0.15, 0.2) is 0 Å². The molecule has 11 fully saturated rings. The molecular formula is C68H110Cl2O10. The Morgan fingerprint density at radius 2 is 0.425 bits per heavy atom. The summed E-state index contributed by atoms with van der Waals surface area (Å²) in [5.41, 5.74) is 0. The molecule has 11 aliphatic carbocycles. The zero-order chi connectivity index (χ0) is 54.6. The van der Waals surface area contributed by atoms with Gasteiger partial charge in [-0.3, -0.25) is 9.59 Å². The highest BCUT2D eigenvalue weighted by Crippen LogP contribution is 2.42. The van der Waals surface area contributed by atoms with Gasteiger partial charge in [-0.15, -0.1) is 23.2 Å². The van der Waals surface area contributed by atoms with Crippen LogP contribution in [0.1, 0.15) is 283 Å². The van der Waals surface area contributed by atoms with Crippen LogP contribution in [-0.2, 0) is 47.5 Å². The molecule has 0 N–H and O–H groups in total. The predicted molar refractivity (Wildman–Crippen MR) is 316 cm³/mol. The van der Waals surface area contributed by atoms with E-state index in [9.17, 15) is 9.59 Å². The van der Waals surface area contributed by atoms with E-state index in [1.165, 1.54) is 57.8 Å². The quantitative estimate of drug-likeness (QED) is 0.109. The number of hydrogen-bond acceptors (Lipinski definition) is 10. The maximum atomic E-state index is 13.7. The van der Waals surface area contributed by atoms with Crippen molar-refractivity contribution in [2.75, 3.05) is 0 Å². The highest BCUT2D eigenvalue weighted by atomic mass is 35.5. The van der Waals surface area contributed by atoms with E-state index in [0.717, 1.165) is 225 Å².